The van der Waals surface area contributed by atoms with Gasteiger partial charge in [-0.15, -0.1) is 45.3 Å². The highest BCUT2D eigenvalue weighted by atomic mass is 32.1. The van der Waals surface area contributed by atoms with Gasteiger partial charge in [0.05, 0.1) is 90.2 Å². The van der Waals surface area contributed by atoms with Crippen LogP contribution < -0.4 is 42.8 Å². The summed E-state index contributed by atoms with van der Waals surface area (Å²) in [4.78, 5) is 146. The highest BCUT2D eigenvalue weighted by molar-refractivity contribution is 7.14. The topological polar surface area (TPSA) is 591 Å². The Bertz CT molecular complexity index is 4250. The first-order valence-corrected chi connectivity index (χ1v) is 45.4. The zero-order chi connectivity index (χ0) is 93.5. The number of carboxylic acid groups (broad SMARTS) is 1. The first-order chi connectivity index (χ1) is 61.3. The molecule has 4 aromatic heterocycles. The van der Waals surface area contributed by atoms with Crippen molar-refractivity contribution in [3.63, 3.8) is 0 Å². The van der Waals surface area contributed by atoms with Crippen molar-refractivity contribution in [2.24, 2.45) is 26.9 Å². The molecule has 0 aliphatic carbocycles. The lowest BCUT2D eigenvalue weighted by atomic mass is 9.72. The van der Waals surface area contributed by atoms with Crippen LogP contribution >= 0.6 is 45.3 Å². The number of nitrogens with one attached hydrogen (secondary N) is 5. The highest BCUT2D eigenvalue weighted by Crippen LogP contribution is 2.27. The fourth-order valence-corrected chi connectivity index (χ4v) is 16.4. The number of aliphatic hydroxyl groups is 2. The van der Waals surface area contributed by atoms with Crippen molar-refractivity contribution in [1.82, 2.24) is 26.6 Å². The van der Waals surface area contributed by atoms with E-state index in [4.69, 9.17) is 69.2 Å². The molecular weight excluding hydrogens is 1750 g/mol. The first kappa shape index (κ1) is 108. The molecule has 0 spiro atoms. The van der Waals surface area contributed by atoms with Crippen molar-refractivity contribution in [3.05, 3.63) is 119 Å². The Labute approximate surface area is 759 Å². The van der Waals surface area contributed by atoms with Crippen LogP contribution in [0.1, 0.15) is 174 Å². The van der Waals surface area contributed by atoms with Crippen LogP contribution in [-0.2, 0) is 115 Å². The Morgan fingerprint density at radius 3 is 1.12 bits per heavy atom. The molecule has 10 atom stereocenters. The normalized spacial score (nSPS) is 20.5. The molecule has 10 rings (SSSR count). The van der Waals surface area contributed by atoms with E-state index in [0.717, 1.165) is 33.9 Å². The lowest BCUT2D eigenvalue weighted by Crippen LogP contribution is -2.54. The minimum atomic E-state index is -1.25. The maximum absolute atomic E-state index is 12.5. The molecule has 0 radical (unpaired) electrons. The van der Waals surface area contributed by atoms with Gasteiger partial charge in [0.1, 0.15) is 47.9 Å². The largest absolute Gasteiger partial charge is 0.494 e. The standard InChI is InChI=1S/C19H29BN2O5.C16H25BN2O5S.C15H19BN2O7S.2C15H21BN2O6S/c1-14(23)11-17-7-8-18(20(25)27-17)22-19(24)13-15-5-4-6-16(12-15)26-10-3-2-9-21;1-11(20)8-12-2-5-15(17(22)24-12)19-16(21)9-13-3-4-14(25-13)10-23-7-6-18;1-9(19)7-10-4-5-12(16(23)25-10)17-15(22)14(11-3-2-6-26-11)18-24-8-13(20)21;2*1-10(20)9-11-4-5-13(16(22)24-11)17-15(21)14(18-23-7-6-19)12-3-2-8-25-12/h4-6,12,17-18,25H,2-3,7-11,13,21H2,1H3,(H,22,24);3-4,12,15,22H,2,5-10,18H2,1H3,(H,19,21);2-3,6,10,12,23H,4-5,7-8H2,1H3,(H,17,22)(H,20,21);2*2-3,8,11,13,19,22H,4-7,9H2,1H3,(H,17,21)/b;;2*18-14+;18-14-/t17-,18-;12-,15-;10-,12-;2*11-,13-/m00000/s1. The molecule has 5 aromatic rings. The van der Waals surface area contributed by atoms with Crippen molar-refractivity contribution in [2.75, 3.05) is 59.3 Å². The van der Waals surface area contributed by atoms with Crippen molar-refractivity contribution < 1.29 is 140 Å². The molecule has 1 aromatic carbocycles. The van der Waals surface area contributed by atoms with Gasteiger partial charge in [-0.3, -0.25) is 47.9 Å². The predicted octanol–water partition coefficient (Wildman–Crippen LogP) is 1.90. The second-order valence-electron chi connectivity index (χ2n) is 30.3. The number of hydrogen-bond acceptors (Lipinski definition) is 37. The van der Waals surface area contributed by atoms with E-state index >= 15 is 0 Å². The van der Waals surface area contributed by atoms with Gasteiger partial charge in [0.25, 0.3) is 17.7 Å². The summed E-state index contributed by atoms with van der Waals surface area (Å²) < 4.78 is 38.1. The number of carbonyl (C=O) groups is 11. The number of unbranched alkanes of at least 4 members (excludes halogenated alkanes) is 1. The number of amides is 5. The number of carbonyl (C=O) groups excluding carboxylic acids is 10. The number of aliphatic carboxylic acids is 1. The van der Waals surface area contributed by atoms with Crippen LogP contribution in [0.25, 0.3) is 0 Å². The smallest absolute Gasteiger partial charge is 0.478 e. The minimum absolute atomic E-state index is 0.00664. The predicted molar refractivity (Wildman–Crippen MR) is 479 cm³/mol. The summed E-state index contributed by atoms with van der Waals surface area (Å²) in [5.74, 6) is -5.21. The van der Waals surface area contributed by atoms with E-state index in [1.165, 1.54) is 80.0 Å². The summed E-state index contributed by atoms with van der Waals surface area (Å²) in [7, 11) is -5.80. The zero-order valence-corrected chi connectivity index (χ0v) is 75.4. The Morgan fingerprint density at radius 1 is 0.430 bits per heavy atom. The zero-order valence-electron chi connectivity index (χ0n) is 72.1. The third-order valence-electron chi connectivity index (χ3n) is 19.2. The number of carboxylic acids is 1. The number of ether oxygens (including phenoxy) is 2. The monoisotopic (exact) mass is 1860 g/mol. The summed E-state index contributed by atoms with van der Waals surface area (Å²) in [5, 5.41) is 107. The number of nitrogens with two attached hydrogens (primary N) is 2. The second-order valence-corrected chi connectivity index (χ2v) is 34.4. The van der Waals surface area contributed by atoms with Crippen LogP contribution in [-0.4, -0.2) is 277 Å². The molecule has 5 aliphatic heterocycles. The lowest BCUT2D eigenvalue weighted by Gasteiger charge is -2.31. The van der Waals surface area contributed by atoms with E-state index in [9.17, 15) is 77.9 Å². The first-order valence-electron chi connectivity index (χ1n) is 41.9. The van der Waals surface area contributed by atoms with Crippen LogP contribution in [0.3, 0.4) is 0 Å². The van der Waals surface area contributed by atoms with E-state index in [1.807, 2.05) is 36.4 Å². The number of ketones is 5. The van der Waals surface area contributed by atoms with Crippen LogP contribution in [0.2, 0.25) is 0 Å². The number of oxime groups is 3. The van der Waals surface area contributed by atoms with Crippen LogP contribution in [0.15, 0.2) is 104 Å². The third-order valence-corrected chi connectivity index (χ3v) is 22.9. The van der Waals surface area contributed by atoms with E-state index in [1.54, 1.807) is 52.5 Å². The summed E-state index contributed by atoms with van der Waals surface area (Å²) in [6.45, 7) is 8.98. The van der Waals surface area contributed by atoms with Gasteiger partial charge in [-0.25, -0.2) is 4.79 Å². The average Bonchev–Trinajstić information content (AvgIpc) is 1.32. The molecule has 5 amide bonds. The van der Waals surface area contributed by atoms with E-state index < -0.39 is 95.6 Å². The van der Waals surface area contributed by atoms with Gasteiger partial charge in [0.15, 0.2) is 17.1 Å². The minimum Gasteiger partial charge on any atom is -0.494 e. The van der Waals surface area contributed by atoms with Gasteiger partial charge in [-0.05, 0) is 182 Å². The Kier molecular flexibility index (Phi) is 50.1. The molecular formula is C80H115B5N10O29S4. The summed E-state index contributed by atoms with van der Waals surface area (Å²) in [5.41, 5.74) is 11.7. The Hall–Kier alpha value is -8.88. The molecule has 128 heavy (non-hydrogen) atoms. The van der Waals surface area contributed by atoms with Gasteiger partial charge < -0.3 is 126 Å². The molecule has 0 bridgehead atoms. The molecule has 48 heteroatoms. The highest BCUT2D eigenvalue weighted by Gasteiger charge is 2.42. The number of rotatable bonds is 43. The Morgan fingerprint density at radius 2 is 0.789 bits per heavy atom. The fraction of sp³-hybridized carbons (Fsp3) is 0.550. The van der Waals surface area contributed by atoms with Crippen LogP contribution in [0.4, 0.5) is 0 Å². The lowest BCUT2D eigenvalue weighted by molar-refractivity contribution is -0.142. The van der Waals surface area contributed by atoms with Gasteiger partial charge in [0.2, 0.25) is 18.4 Å². The molecule has 5 fully saturated rings. The van der Waals surface area contributed by atoms with Gasteiger partial charge in [-0.2, -0.15) is 0 Å². The van der Waals surface area contributed by atoms with Crippen molar-refractivity contribution in [1.29, 1.82) is 0 Å². The van der Waals surface area contributed by atoms with Crippen molar-refractivity contribution >= 4 is 162 Å². The van der Waals surface area contributed by atoms with Crippen molar-refractivity contribution in [3.8, 4) is 5.75 Å². The SMILES string of the molecule is CC(=O)C[C@@H]1CC[C@H](NC(=O)/C(=N/OCC(=O)O)c2cccs2)B(O)O1.CC(=O)C[C@@H]1CC[C@H](NC(=O)/C(=N/OCCO)c2cccs2)B(O)O1.CC(=O)C[C@@H]1CC[C@H](NC(=O)/C(=N\OCCO)c2cccs2)B(O)O1.CC(=O)C[C@@H]1CC[C@H](NC(=O)Cc2ccc(COCCN)s2)B(O)O1.CC(=O)C[C@@H]1CC[C@H](NC(=O)Cc2cccc(OCCCCN)c2)B(O)O1. The number of hydrogen-bond donors (Lipinski definition) is 15. The molecule has 5 saturated heterocycles. The summed E-state index contributed by atoms with van der Waals surface area (Å²) >= 11 is 5.41. The number of aliphatic hydroxyl groups excluding tert-OH is 2. The number of thiophene rings is 4. The average molecular weight is 1860 g/mol. The number of nitrogens with zero attached hydrogens (tertiary/aromatic N) is 3. The number of benzene rings is 1. The van der Waals surface area contributed by atoms with Crippen LogP contribution in [0.5, 0.6) is 5.75 Å². The maximum atomic E-state index is 12.5. The molecule has 39 nitrogen and oxygen atoms in total. The molecule has 0 unspecified atom stereocenters. The third kappa shape index (κ3) is 41.5. The van der Waals surface area contributed by atoms with Crippen LogP contribution in [0, 0.1) is 0 Å². The summed E-state index contributed by atoms with van der Waals surface area (Å²) in [6.07, 6.45) is 7.44. The van der Waals surface area contributed by atoms with E-state index in [0.29, 0.717) is 118 Å². The fourth-order valence-electron chi connectivity index (χ4n) is 13.3. The number of Topliss-reactive ketones (excluding diaryl/α,β-unsaturated/α-hetero) is 5. The second kappa shape index (κ2) is 59.4. The van der Waals surface area contributed by atoms with Crippen molar-refractivity contribution in [2.45, 2.75) is 223 Å². The summed E-state index contributed by atoms with van der Waals surface area (Å²) in [6, 6.07) is 21.6. The van der Waals surface area contributed by atoms with Gasteiger partial charge in [-0.1, -0.05) is 45.8 Å². The Balaban J connectivity index is 0.000000247. The van der Waals surface area contributed by atoms with Gasteiger partial charge >= 0.3 is 41.6 Å². The quantitative estimate of drug-likeness (QED) is 0.0115. The van der Waals surface area contributed by atoms with E-state index in [-0.39, 0.29) is 153 Å². The van der Waals surface area contributed by atoms with Gasteiger partial charge in [0, 0.05) is 78.9 Å². The molecule has 5 aliphatic rings. The molecule has 9 heterocycles. The maximum Gasteiger partial charge on any atom is 0.478 e. The molecule has 17 N–H and O–H groups in total. The van der Waals surface area contributed by atoms with E-state index in [2.05, 4.69) is 46.9 Å². The molecule has 698 valence electrons. The molecule has 0 saturated carbocycles.